The minimum absolute atomic E-state index is 0.0738. The Bertz CT molecular complexity index is 796. The van der Waals surface area contributed by atoms with E-state index in [1.54, 1.807) is 13.0 Å². The summed E-state index contributed by atoms with van der Waals surface area (Å²) in [5, 5.41) is 4.61. The van der Waals surface area contributed by atoms with Crippen molar-refractivity contribution < 1.29 is 14.4 Å². The van der Waals surface area contributed by atoms with Gasteiger partial charge in [-0.3, -0.25) is 19.3 Å². The molecule has 8 nitrogen and oxygen atoms in total. The van der Waals surface area contributed by atoms with E-state index in [-0.39, 0.29) is 18.1 Å². The number of pyridine rings is 1. The first kappa shape index (κ1) is 16.3. The molecule has 0 saturated heterocycles. The maximum absolute atomic E-state index is 12.4. The molecule has 0 fully saturated rings. The molecule has 0 aliphatic rings. The molecule has 2 rings (SSSR count). The Labute approximate surface area is 132 Å². The molecule has 0 spiro atoms. The lowest BCUT2D eigenvalue weighted by atomic mass is 10.1. The molecule has 2 N–H and O–H groups in total. The number of likely N-dealkylation sites (N-methyl/N-ethyl adjacent to an activating group) is 1. The highest BCUT2D eigenvalue weighted by atomic mass is 16.2. The zero-order valence-corrected chi connectivity index (χ0v) is 12.9. The third-order valence-electron chi connectivity index (χ3n) is 3.52. The number of hydrogen-bond donors (Lipinski definition) is 1. The summed E-state index contributed by atoms with van der Waals surface area (Å²) in [5.74, 6) is -1.04. The molecule has 0 saturated carbocycles. The van der Waals surface area contributed by atoms with Gasteiger partial charge < -0.3 is 15.4 Å². The van der Waals surface area contributed by atoms with Crippen molar-refractivity contribution in [3.05, 3.63) is 36.3 Å². The van der Waals surface area contributed by atoms with Crippen molar-refractivity contribution in [1.29, 1.82) is 0 Å². The number of aldehydes is 1. The highest BCUT2D eigenvalue weighted by Gasteiger charge is 2.22. The van der Waals surface area contributed by atoms with Gasteiger partial charge in [0, 0.05) is 18.6 Å². The third-order valence-corrected chi connectivity index (χ3v) is 3.52. The van der Waals surface area contributed by atoms with Crippen LogP contribution >= 0.6 is 0 Å². The van der Waals surface area contributed by atoms with Crippen molar-refractivity contribution in [1.82, 2.24) is 19.7 Å². The number of nitrogens with two attached hydrogens (primary N) is 1. The second kappa shape index (κ2) is 6.39. The molecular formula is C15H17N5O3. The number of nitrogens with zero attached hydrogens (tertiary/aromatic N) is 4. The van der Waals surface area contributed by atoms with Gasteiger partial charge >= 0.3 is 0 Å². The number of carbonyl (C=O) groups is 3. The number of carbonyl (C=O) groups excluding carboxylic acids is 3. The molecule has 23 heavy (non-hydrogen) atoms. The zero-order valence-electron chi connectivity index (χ0n) is 12.9. The number of rotatable bonds is 6. The quantitative estimate of drug-likeness (QED) is 0.601. The van der Waals surface area contributed by atoms with Crippen LogP contribution in [0.4, 0.5) is 0 Å². The summed E-state index contributed by atoms with van der Waals surface area (Å²) in [6.45, 7) is 5.21. The molecule has 0 radical (unpaired) electrons. The van der Waals surface area contributed by atoms with Crippen LogP contribution in [0.5, 0.6) is 0 Å². The lowest BCUT2D eigenvalue weighted by Gasteiger charge is -2.24. The van der Waals surface area contributed by atoms with Gasteiger partial charge in [0.25, 0.3) is 5.91 Å². The molecule has 0 bridgehead atoms. The van der Waals surface area contributed by atoms with Crippen molar-refractivity contribution in [2.24, 2.45) is 5.73 Å². The van der Waals surface area contributed by atoms with Crippen LogP contribution in [-0.4, -0.2) is 50.9 Å². The molecule has 0 aliphatic carbocycles. The van der Waals surface area contributed by atoms with Crippen molar-refractivity contribution in [3.8, 4) is 0 Å². The van der Waals surface area contributed by atoms with Gasteiger partial charge in [-0.2, -0.15) is 5.10 Å². The Kier molecular flexibility index (Phi) is 4.54. The number of aromatic nitrogens is 3. The number of amides is 2. The predicted molar refractivity (Wildman–Crippen MR) is 83.5 cm³/mol. The highest BCUT2D eigenvalue weighted by Crippen LogP contribution is 2.17. The van der Waals surface area contributed by atoms with E-state index in [1.807, 2.05) is 0 Å². The molecule has 120 valence electrons. The van der Waals surface area contributed by atoms with Crippen LogP contribution < -0.4 is 5.73 Å². The van der Waals surface area contributed by atoms with Crippen LogP contribution in [0.15, 0.2) is 30.6 Å². The lowest BCUT2D eigenvalue weighted by molar-refractivity contribution is -0.134. The fourth-order valence-corrected chi connectivity index (χ4v) is 2.26. The summed E-state index contributed by atoms with van der Waals surface area (Å²) in [6.07, 6.45) is 3.66. The van der Waals surface area contributed by atoms with E-state index in [0.717, 1.165) is 0 Å². The second-order valence-corrected chi connectivity index (χ2v) is 5.20. The van der Waals surface area contributed by atoms with Crippen molar-refractivity contribution in [2.45, 2.75) is 19.5 Å². The molecule has 1 unspecified atom stereocenters. The Morgan fingerprint density at radius 3 is 2.78 bits per heavy atom. The lowest BCUT2D eigenvalue weighted by Crippen LogP contribution is -2.40. The molecular weight excluding hydrogens is 298 g/mol. The predicted octanol–water partition coefficient (Wildman–Crippen LogP) is 0.132. The van der Waals surface area contributed by atoms with Gasteiger partial charge in [0.15, 0.2) is 5.69 Å². The minimum atomic E-state index is -0.710. The molecule has 1 atom stereocenters. The maximum atomic E-state index is 12.4. The van der Waals surface area contributed by atoms with Crippen molar-refractivity contribution >= 4 is 29.0 Å². The normalized spacial score (nSPS) is 11.9. The number of fused-ring (bicyclic) bond motifs is 1. The fourth-order valence-electron chi connectivity index (χ4n) is 2.26. The van der Waals surface area contributed by atoms with E-state index in [4.69, 9.17) is 5.73 Å². The Morgan fingerprint density at radius 1 is 1.52 bits per heavy atom. The van der Waals surface area contributed by atoms with Crippen LogP contribution in [0.3, 0.4) is 0 Å². The fraction of sp³-hybridized carbons (Fsp3) is 0.267. The van der Waals surface area contributed by atoms with Gasteiger partial charge in [-0.15, -0.1) is 0 Å². The van der Waals surface area contributed by atoms with Gasteiger partial charge in [0.05, 0.1) is 11.7 Å². The molecule has 0 aliphatic heterocycles. The average molecular weight is 315 g/mol. The van der Waals surface area contributed by atoms with Crippen molar-refractivity contribution in [3.63, 3.8) is 0 Å². The molecule has 2 aromatic heterocycles. The number of hydrogen-bond acceptors (Lipinski definition) is 5. The van der Waals surface area contributed by atoms with Crippen LogP contribution in [0, 0.1) is 0 Å². The molecule has 8 heteroatoms. The monoisotopic (exact) mass is 315 g/mol. The summed E-state index contributed by atoms with van der Waals surface area (Å²) in [6, 6.07) is 0.896. The first-order chi connectivity index (χ1) is 10.9. The molecule has 2 amide bonds. The van der Waals surface area contributed by atoms with Crippen molar-refractivity contribution in [2.75, 3.05) is 7.05 Å². The first-order valence-electron chi connectivity index (χ1n) is 6.83. The summed E-state index contributed by atoms with van der Waals surface area (Å²) >= 11 is 0. The van der Waals surface area contributed by atoms with E-state index in [0.29, 0.717) is 22.8 Å². The minimum Gasteiger partial charge on any atom is -0.364 e. The largest absolute Gasteiger partial charge is 0.364 e. The molecule has 2 heterocycles. The SMILES string of the molecule is C=C(C)C(C=O)N(C)C(=O)Cn1nc(C(N)=O)c2ccncc21. The summed E-state index contributed by atoms with van der Waals surface area (Å²) in [4.78, 5) is 40.2. The van der Waals surface area contributed by atoms with Gasteiger partial charge in [-0.05, 0) is 13.0 Å². The van der Waals surface area contributed by atoms with Crippen LogP contribution in [-0.2, 0) is 16.1 Å². The second-order valence-electron chi connectivity index (χ2n) is 5.20. The Hall–Kier alpha value is -3.03. The van der Waals surface area contributed by atoms with Gasteiger partial charge in [-0.25, -0.2) is 0 Å². The van der Waals surface area contributed by atoms with E-state index >= 15 is 0 Å². The highest BCUT2D eigenvalue weighted by molar-refractivity contribution is 6.04. The standard InChI is InChI=1S/C15H17N5O3/c1-9(2)12(8-21)19(3)13(22)7-20-11-6-17-5-4-10(11)14(18-20)15(16)23/h4-6,8,12H,1,7H2,2-3H3,(H2,16,23). The Balaban J connectivity index is 2.35. The summed E-state index contributed by atoms with van der Waals surface area (Å²) in [7, 11) is 1.51. The third kappa shape index (κ3) is 3.10. The molecule has 0 aromatic carbocycles. The average Bonchev–Trinajstić information content (AvgIpc) is 2.86. The van der Waals surface area contributed by atoms with E-state index in [2.05, 4.69) is 16.7 Å². The zero-order chi connectivity index (χ0) is 17.1. The summed E-state index contributed by atoms with van der Waals surface area (Å²) in [5.41, 5.74) is 6.45. The van der Waals surface area contributed by atoms with Gasteiger partial charge in [-0.1, -0.05) is 12.2 Å². The van der Waals surface area contributed by atoms with Gasteiger partial charge in [0.2, 0.25) is 5.91 Å². The van der Waals surface area contributed by atoms with Crippen LogP contribution in [0.25, 0.3) is 10.9 Å². The van der Waals surface area contributed by atoms with E-state index in [9.17, 15) is 14.4 Å². The van der Waals surface area contributed by atoms with Crippen LogP contribution in [0.1, 0.15) is 17.4 Å². The maximum Gasteiger partial charge on any atom is 0.269 e. The number of primary amides is 1. The molecule has 2 aromatic rings. The topological polar surface area (TPSA) is 111 Å². The van der Waals surface area contributed by atoms with Crippen LogP contribution in [0.2, 0.25) is 0 Å². The first-order valence-corrected chi connectivity index (χ1v) is 6.83. The smallest absolute Gasteiger partial charge is 0.269 e. The van der Waals surface area contributed by atoms with E-state index in [1.165, 1.54) is 29.0 Å². The van der Waals surface area contributed by atoms with Gasteiger partial charge in [0.1, 0.15) is 18.9 Å². The Morgan fingerprint density at radius 2 is 2.22 bits per heavy atom. The summed E-state index contributed by atoms with van der Waals surface area (Å²) < 4.78 is 1.35. The van der Waals surface area contributed by atoms with E-state index < -0.39 is 11.9 Å².